The van der Waals surface area contributed by atoms with Gasteiger partial charge in [-0.25, -0.2) is 0 Å². The van der Waals surface area contributed by atoms with Gasteiger partial charge in [0.2, 0.25) is 0 Å². The van der Waals surface area contributed by atoms with Crippen LogP contribution in [-0.4, -0.2) is 31.7 Å². The molecule has 166 valence electrons. The van der Waals surface area contributed by atoms with Crippen LogP contribution in [0.4, 0.5) is 11.4 Å². The topological polar surface area (TPSA) is 55.8 Å². The molecule has 0 aromatic heterocycles. The molecule has 0 heterocycles. The second kappa shape index (κ2) is 11.7. The third-order valence-corrected chi connectivity index (χ3v) is 5.23. The molecule has 0 aliphatic carbocycles. The van der Waals surface area contributed by atoms with Gasteiger partial charge in [0.15, 0.2) is 5.92 Å². The van der Waals surface area contributed by atoms with Crippen LogP contribution in [0.15, 0.2) is 91.0 Å². The number of benzene rings is 3. The summed E-state index contributed by atoms with van der Waals surface area (Å²) in [5.41, 5.74) is 2.80. The molecule has 5 nitrogen and oxygen atoms in total. The highest BCUT2D eigenvalue weighted by molar-refractivity contribution is 5.96. The zero-order chi connectivity index (χ0) is 22.8. The molecule has 0 radical (unpaired) electrons. The highest BCUT2D eigenvalue weighted by atomic mass is 16.6. The predicted octanol–water partition coefficient (Wildman–Crippen LogP) is 5.35. The largest absolute Gasteiger partial charge is 0.465 e. The van der Waals surface area contributed by atoms with Crippen molar-refractivity contribution in [3.05, 3.63) is 96.6 Å². The van der Waals surface area contributed by atoms with Crippen molar-refractivity contribution in [3.63, 3.8) is 0 Å². The Morgan fingerprint density at radius 1 is 0.688 bits per heavy atom. The number of ether oxygens (including phenoxy) is 2. The number of rotatable bonds is 10. The fourth-order valence-corrected chi connectivity index (χ4v) is 3.76. The standard InChI is InChI=1S/C27H29NO4/c1-3-31-26(29)25(27(30)32-4-2)24(21-14-8-5-9-15-21)20-28(22-16-10-6-11-17-22)23-18-12-7-13-19-23/h5-19,24-25H,3-4,20H2,1-2H3. The Hall–Kier alpha value is -3.60. The summed E-state index contributed by atoms with van der Waals surface area (Å²) in [5.74, 6) is -2.69. The van der Waals surface area contributed by atoms with E-state index in [9.17, 15) is 9.59 Å². The second-order valence-electron chi connectivity index (χ2n) is 7.28. The zero-order valence-electron chi connectivity index (χ0n) is 18.5. The molecule has 3 aromatic carbocycles. The molecule has 3 aromatic rings. The highest BCUT2D eigenvalue weighted by Crippen LogP contribution is 2.34. The van der Waals surface area contributed by atoms with Crippen molar-refractivity contribution in [2.24, 2.45) is 5.92 Å². The lowest BCUT2D eigenvalue weighted by Gasteiger charge is -2.32. The van der Waals surface area contributed by atoms with Crippen molar-refractivity contribution >= 4 is 23.3 Å². The van der Waals surface area contributed by atoms with Crippen molar-refractivity contribution in [2.75, 3.05) is 24.7 Å². The maximum absolute atomic E-state index is 13.0. The molecule has 0 fully saturated rings. The molecule has 5 heteroatoms. The molecule has 3 rings (SSSR count). The van der Waals surface area contributed by atoms with Gasteiger partial charge in [-0.1, -0.05) is 66.7 Å². The summed E-state index contributed by atoms with van der Waals surface area (Å²) in [6, 6.07) is 29.4. The third kappa shape index (κ3) is 5.76. The summed E-state index contributed by atoms with van der Waals surface area (Å²) in [7, 11) is 0. The molecule has 1 atom stereocenters. The molecule has 0 amide bonds. The Labute approximate surface area is 189 Å². The minimum atomic E-state index is -1.08. The summed E-state index contributed by atoms with van der Waals surface area (Å²) in [4.78, 5) is 28.1. The summed E-state index contributed by atoms with van der Waals surface area (Å²) < 4.78 is 10.6. The minimum absolute atomic E-state index is 0.192. The predicted molar refractivity (Wildman–Crippen MR) is 126 cm³/mol. The van der Waals surface area contributed by atoms with Gasteiger partial charge in [-0.2, -0.15) is 0 Å². The van der Waals surface area contributed by atoms with E-state index in [4.69, 9.17) is 9.47 Å². The van der Waals surface area contributed by atoms with Crippen LogP contribution < -0.4 is 4.90 Å². The van der Waals surface area contributed by atoms with Gasteiger partial charge < -0.3 is 14.4 Å². The van der Waals surface area contributed by atoms with Gasteiger partial charge in [-0.05, 0) is 43.7 Å². The fraction of sp³-hybridized carbons (Fsp3) is 0.259. The zero-order valence-corrected chi connectivity index (χ0v) is 18.5. The molecular formula is C27H29NO4. The Morgan fingerprint density at radius 3 is 1.50 bits per heavy atom. The Kier molecular flexibility index (Phi) is 8.44. The van der Waals surface area contributed by atoms with Crippen LogP contribution in [0.1, 0.15) is 25.3 Å². The highest BCUT2D eigenvalue weighted by Gasteiger charge is 2.39. The normalized spacial score (nSPS) is 11.6. The van der Waals surface area contributed by atoms with Crippen molar-refractivity contribution in [1.82, 2.24) is 0 Å². The first-order valence-corrected chi connectivity index (χ1v) is 10.9. The van der Waals surface area contributed by atoms with E-state index in [2.05, 4.69) is 4.90 Å². The van der Waals surface area contributed by atoms with Crippen LogP contribution in [0.5, 0.6) is 0 Å². The van der Waals surface area contributed by atoms with E-state index in [0.29, 0.717) is 6.54 Å². The van der Waals surface area contributed by atoms with Crippen molar-refractivity contribution in [2.45, 2.75) is 19.8 Å². The molecule has 0 aliphatic rings. The first-order chi connectivity index (χ1) is 15.7. The van der Waals surface area contributed by atoms with E-state index >= 15 is 0 Å². The van der Waals surface area contributed by atoms with Crippen LogP contribution in [-0.2, 0) is 19.1 Å². The van der Waals surface area contributed by atoms with Gasteiger partial charge in [0.1, 0.15) is 0 Å². The number of carbonyl (C=O) groups is 2. The number of hydrogen-bond donors (Lipinski definition) is 0. The van der Waals surface area contributed by atoms with Gasteiger partial charge >= 0.3 is 11.9 Å². The van der Waals surface area contributed by atoms with Crippen LogP contribution >= 0.6 is 0 Å². The SMILES string of the molecule is CCOC(=O)C(C(=O)OCC)C(CN(c1ccccc1)c1ccccc1)c1ccccc1. The molecule has 0 saturated heterocycles. The maximum Gasteiger partial charge on any atom is 0.321 e. The van der Waals surface area contributed by atoms with Gasteiger partial charge in [0, 0.05) is 23.8 Å². The molecule has 0 saturated carbocycles. The van der Waals surface area contributed by atoms with Gasteiger partial charge in [0.05, 0.1) is 13.2 Å². The quantitative estimate of drug-likeness (QED) is 0.320. The number of esters is 2. The van der Waals surface area contributed by atoms with Crippen molar-refractivity contribution in [3.8, 4) is 0 Å². The first kappa shape index (κ1) is 23.1. The summed E-state index contributed by atoms with van der Waals surface area (Å²) in [5, 5.41) is 0. The number of hydrogen-bond acceptors (Lipinski definition) is 5. The van der Waals surface area contributed by atoms with E-state index in [-0.39, 0.29) is 13.2 Å². The van der Waals surface area contributed by atoms with Crippen LogP contribution in [0.25, 0.3) is 0 Å². The average molecular weight is 432 g/mol. The third-order valence-electron chi connectivity index (χ3n) is 5.23. The van der Waals surface area contributed by atoms with E-state index in [1.54, 1.807) is 13.8 Å². The summed E-state index contributed by atoms with van der Waals surface area (Å²) >= 11 is 0. The van der Waals surface area contributed by atoms with Crippen molar-refractivity contribution in [1.29, 1.82) is 0 Å². The lowest BCUT2D eigenvalue weighted by atomic mass is 9.85. The molecular weight excluding hydrogens is 402 g/mol. The van der Waals surface area contributed by atoms with Gasteiger partial charge in [0.25, 0.3) is 0 Å². The Balaban J connectivity index is 2.09. The van der Waals surface area contributed by atoms with Crippen LogP contribution in [0.2, 0.25) is 0 Å². The van der Waals surface area contributed by atoms with E-state index < -0.39 is 23.8 Å². The van der Waals surface area contributed by atoms with E-state index in [1.165, 1.54) is 0 Å². The molecule has 32 heavy (non-hydrogen) atoms. The molecule has 1 unspecified atom stereocenters. The van der Waals surface area contributed by atoms with E-state index in [1.807, 2.05) is 91.0 Å². The van der Waals surface area contributed by atoms with Gasteiger partial charge in [-0.15, -0.1) is 0 Å². The molecule has 0 N–H and O–H groups in total. The maximum atomic E-state index is 13.0. The van der Waals surface area contributed by atoms with Crippen molar-refractivity contribution < 1.29 is 19.1 Å². The smallest absolute Gasteiger partial charge is 0.321 e. The first-order valence-electron chi connectivity index (χ1n) is 10.9. The summed E-state index contributed by atoms with van der Waals surface area (Å²) in [6.45, 7) is 4.24. The van der Waals surface area contributed by atoms with Crippen LogP contribution in [0.3, 0.4) is 0 Å². The molecule has 0 spiro atoms. The molecule has 0 bridgehead atoms. The number of para-hydroxylation sites is 2. The second-order valence-corrected chi connectivity index (χ2v) is 7.28. The Morgan fingerprint density at radius 2 is 1.09 bits per heavy atom. The monoisotopic (exact) mass is 431 g/mol. The number of carbonyl (C=O) groups excluding carboxylic acids is 2. The van der Waals surface area contributed by atoms with Gasteiger partial charge in [-0.3, -0.25) is 9.59 Å². The summed E-state index contributed by atoms with van der Waals surface area (Å²) in [6.07, 6.45) is 0. The lowest BCUT2D eigenvalue weighted by molar-refractivity contribution is -0.162. The lowest BCUT2D eigenvalue weighted by Crippen LogP contribution is -2.38. The Bertz CT molecular complexity index is 919. The minimum Gasteiger partial charge on any atom is -0.465 e. The number of anilines is 2. The average Bonchev–Trinajstić information content (AvgIpc) is 2.83. The van der Waals surface area contributed by atoms with Crippen LogP contribution in [0, 0.1) is 5.92 Å². The fourth-order valence-electron chi connectivity index (χ4n) is 3.76. The van der Waals surface area contributed by atoms with E-state index in [0.717, 1.165) is 16.9 Å². The number of nitrogens with zero attached hydrogens (tertiary/aromatic N) is 1. The molecule has 0 aliphatic heterocycles.